The summed E-state index contributed by atoms with van der Waals surface area (Å²) in [5, 5.41) is 0.339. The molecule has 0 radical (unpaired) electrons. The van der Waals surface area contributed by atoms with Crippen LogP contribution in [-0.2, 0) is 18.4 Å². The lowest BCUT2D eigenvalue weighted by molar-refractivity contribution is -0.137. The van der Waals surface area contributed by atoms with E-state index in [0.717, 1.165) is 25.7 Å². The van der Waals surface area contributed by atoms with E-state index in [4.69, 9.17) is 13.6 Å². The zero-order valence-electron chi connectivity index (χ0n) is 31.4. The second kappa shape index (κ2) is 12.7. The zero-order valence-corrected chi connectivity index (χ0v) is 33.4. The molecule has 0 saturated heterocycles. The van der Waals surface area contributed by atoms with Crippen molar-refractivity contribution < 1.29 is 18.4 Å². The molecule has 0 N–H and O–H groups in total. The van der Waals surface area contributed by atoms with Crippen LogP contribution < -0.4 is 0 Å². The van der Waals surface area contributed by atoms with Crippen LogP contribution in [0.1, 0.15) is 108 Å². The molecule has 7 atom stereocenters. The van der Waals surface area contributed by atoms with Gasteiger partial charge in [0.15, 0.2) is 16.6 Å². The van der Waals surface area contributed by atoms with Crippen LogP contribution in [0.3, 0.4) is 0 Å². The number of hydrogen-bond acceptors (Lipinski definition) is 4. The van der Waals surface area contributed by atoms with Crippen molar-refractivity contribution in [1.82, 2.24) is 0 Å². The van der Waals surface area contributed by atoms with Crippen LogP contribution in [0.4, 0.5) is 0 Å². The van der Waals surface area contributed by atoms with Gasteiger partial charge in [0.2, 0.25) is 0 Å². The Morgan fingerprint density at radius 1 is 1.00 bits per heavy atom. The summed E-state index contributed by atoms with van der Waals surface area (Å²) in [4.78, 5) is 11.9. The predicted molar refractivity (Wildman–Crippen MR) is 194 cm³/mol. The van der Waals surface area contributed by atoms with Crippen LogP contribution in [-0.4, -0.2) is 41.4 Å². The normalized spacial score (nSPS) is 33.1. The summed E-state index contributed by atoms with van der Waals surface area (Å²) in [6, 6.07) is 0. The first-order valence-electron chi connectivity index (χ1n) is 17.9. The lowest BCUT2D eigenvalue weighted by Gasteiger charge is -2.59. The Hall–Kier alpha value is -1.22. The highest BCUT2D eigenvalue weighted by atomic mass is 28.4. The third kappa shape index (κ3) is 6.87. The maximum absolute atomic E-state index is 11.9. The lowest BCUT2D eigenvalue weighted by atomic mass is 9.49. The van der Waals surface area contributed by atoms with Gasteiger partial charge < -0.3 is 13.6 Å². The summed E-state index contributed by atoms with van der Waals surface area (Å²) in [5.74, 6) is 1.21. The lowest BCUT2D eigenvalue weighted by Crippen LogP contribution is -2.58. The van der Waals surface area contributed by atoms with E-state index in [9.17, 15) is 4.79 Å². The van der Waals surface area contributed by atoms with Crippen molar-refractivity contribution in [3.63, 3.8) is 0 Å². The summed E-state index contributed by atoms with van der Waals surface area (Å²) in [6.45, 7) is 33.5. The fraction of sp³-hybridized carbons (Fsp3) is 0.769. The summed E-state index contributed by atoms with van der Waals surface area (Å²) >= 11 is 0. The number of carbonyl (C=O) groups is 1. The average Bonchev–Trinajstić information content (AvgIpc) is 3.25. The second-order valence-corrected chi connectivity index (χ2v) is 27.7. The van der Waals surface area contributed by atoms with E-state index < -0.39 is 16.6 Å². The number of hydrogen-bond donors (Lipinski definition) is 0. The van der Waals surface area contributed by atoms with Crippen LogP contribution in [0.5, 0.6) is 0 Å². The minimum Gasteiger partial charge on any atom is -0.463 e. The highest BCUT2D eigenvalue weighted by Gasteiger charge is 2.59. The molecule has 254 valence electrons. The van der Waals surface area contributed by atoms with Crippen molar-refractivity contribution in [3.05, 3.63) is 47.1 Å². The molecule has 0 aromatic carbocycles. The number of esters is 1. The monoisotopic (exact) mass is 654 g/mol. The van der Waals surface area contributed by atoms with E-state index in [1.807, 2.05) is 13.0 Å². The van der Waals surface area contributed by atoms with Crippen molar-refractivity contribution >= 4 is 22.6 Å². The number of carbonyl (C=O) groups excluding carboxylic acids is 1. The number of fused-ring (bicyclic) bond motifs is 5. The van der Waals surface area contributed by atoms with E-state index >= 15 is 0 Å². The van der Waals surface area contributed by atoms with E-state index in [1.165, 1.54) is 12.8 Å². The summed E-state index contributed by atoms with van der Waals surface area (Å²) < 4.78 is 19.8. The van der Waals surface area contributed by atoms with E-state index in [-0.39, 0.29) is 39.1 Å². The molecule has 4 aliphatic carbocycles. The Kier molecular flexibility index (Phi) is 10.3. The van der Waals surface area contributed by atoms with Gasteiger partial charge >= 0.3 is 5.97 Å². The molecule has 6 heteroatoms. The average molecular weight is 655 g/mol. The van der Waals surface area contributed by atoms with Gasteiger partial charge in [-0.25, -0.2) is 4.79 Å². The first-order valence-corrected chi connectivity index (χ1v) is 23.7. The molecule has 4 nitrogen and oxygen atoms in total. The molecule has 0 aromatic heterocycles. The number of rotatable bonds is 9. The van der Waals surface area contributed by atoms with Crippen LogP contribution in [0, 0.1) is 28.6 Å². The highest BCUT2D eigenvalue weighted by molar-refractivity contribution is 6.74. The molecular weight excluding hydrogens is 589 g/mol. The van der Waals surface area contributed by atoms with Crippen LogP contribution in [0.2, 0.25) is 36.3 Å². The molecule has 0 amide bonds. The predicted octanol–water partition coefficient (Wildman–Crippen LogP) is 10.9. The van der Waals surface area contributed by atoms with Gasteiger partial charge in [0.1, 0.15) is 0 Å². The molecule has 0 heterocycles. The van der Waals surface area contributed by atoms with Crippen molar-refractivity contribution in [1.29, 1.82) is 0 Å². The van der Waals surface area contributed by atoms with E-state index in [0.29, 0.717) is 24.4 Å². The molecule has 2 saturated carbocycles. The molecular formula is C39H66O4Si2. The Morgan fingerprint density at radius 2 is 1.62 bits per heavy atom. The minimum absolute atomic E-state index is 0.00896. The van der Waals surface area contributed by atoms with Gasteiger partial charge in [-0.2, -0.15) is 0 Å². The molecule has 0 spiro atoms. The Morgan fingerprint density at radius 3 is 2.22 bits per heavy atom. The van der Waals surface area contributed by atoms with E-state index in [1.54, 1.807) is 22.8 Å². The summed E-state index contributed by atoms with van der Waals surface area (Å²) in [7, 11) is -3.95. The summed E-state index contributed by atoms with van der Waals surface area (Å²) in [6.07, 6.45) is 18.0. The van der Waals surface area contributed by atoms with Gasteiger partial charge in [-0.3, -0.25) is 0 Å². The smallest absolute Gasteiger partial charge is 0.330 e. The minimum atomic E-state index is -2.03. The third-order valence-corrected chi connectivity index (χ3v) is 22.3. The van der Waals surface area contributed by atoms with Crippen LogP contribution in [0.25, 0.3) is 0 Å². The van der Waals surface area contributed by atoms with Gasteiger partial charge in [-0.1, -0.05) is 103 Å². The molecule has 0 aliphatic heterocycles. The third-order valence-electron chi connectivity index (χ3n) is 13.3. The van der Waals surface area contributed by atoms with Gasteiger partial charge in [-0.15, -0.1) is 0 Å². The van der Waals surface area contributed by atoms with Gasteiger partial charge in [0.05, 0.1) is 18.8 Å². The van der Waals surface area contributed by atoms with Crippen molar-refractivity contribution in [2.45, 2.75) is 156 Å². The molecule has 4 aliphatic rings. The molecule has 0 unspecified atom stereocenters. The van der Waals surface area contributed by atoms with Crippen molar-refractivity contribution in [2.24, 2.45) is 28.6 Å². The first kappa shape index (κ1) is 36.6. The molecule has 0 bridgehead atoms. The highest BCUT2D eigenvalue weighted by Crippen LogP contribution is 2.65. The van der Waals surface area contributed by atoms with Gasteiger partial charge in [0.25, 0.3) is 0 Å². The topological polar surface area (TPSA) is 44.8 Å². The van der Waals surface area contributed by atoms with Crippen LogP contribution >= 0.6 is 0 Å². The Bertz CT molecular complexity index is 1240. The fourth-order valence-corrected chi connectivity index (χ4v) is 11.2. The largest absolute Gasteiger partial charge is 0.463 e. The van der Waals surface area contributed by atoms with Crippen LogP contribution in [0.15, 0.2) is 47.1 Å². The van der Waals surface area contributed by atoms with E-state index in [2.05, 4.69) is 107 Å². The summed E-state index contributed by atoms with van der Waals surface area (Å²) in [5.41, 5.74) is 4.95. The SMILES string of the molecule is CCOC(=O)C=CC[C@H](C)C1=CC[C@H]2C3=CC=C4C[C@@H](O[Si](C)(C)C(C)(C)C)C[C@H](O[Si](C)(C)C(C)(C)C)[C@]4(C)[C@H]3CC[C@]12C. The maximum Gasteiger partial charge on any atom is 0.330 e. The fourth-order valence-electron chi connectivity index (χ4n) is 8.46. The quantitative estimate of drug-likeness (QED) is 0.107. The Labute approximate surface area is 278 Å². The van der Waals surface area contributed by atoms with Gasteiger partial charge in [0, 0.05) is 11.5 Å². The molecule has 4 rings (SSSR count). The standard InChI is InChI=1S/C39H66O4Si2/c1-15-41-35(40)18-16-17-27(2)31-21-22-32-30-20-19-28-25-29(42-44(11,12)36(3,4)5)26-34(43-45(13,14)37(6,7)8)39(28,10)33(30)23-24-38(31,32)9/h16,18-21,27,29,32-34H,15,17,22-26H2,1-14H3/t27-,29+,32-,33-,34-,38+,39-/m0/s1. The number of allylic oxidation sites excluding steroid dienone is 6. The molecule has 0 aromatic rings. The zero-order chi connectivity index (χ0) is 33.8. The number of ether oxygens (including phenoxy) is 1. The van der Waals surface area contributed by atoms with Crippen molar-refractivity contribution in [3.8, 4) is 0 Å². The molecule has 45 heavy (non-hydrogen) atoms. The maximum atomic E-state index is 11.9. The first-order chi connectivity index (χ1) is 20.6. The second-order valence-electron chi connectivity index (χ2n) is 18.2. The van der Waals surface area contributed by atoms with Gasteiger partial charge in [-0.05, 0) is 105 Å². The van der Waals surface area contributed by atoms with Crippen molar-refractivity contribution in [2.75, 3.05) is 6.61 Å². The molecule has 2 fully saturated rings. The Balaban J connectivity index is 1.65.